The summed E-state index contributed by atoms with van der Waals surface area (Å²) in [5.74, 6) is -2.51. The van der Waals surface area contributed by atoms with Crippen molar-refractivity contribution in [2.75, 3.05) is 40.3 Å². The summed E-state index contributed by atoms with van der Waals surface area (Å²) < 4.78 is 12.4. The summed E-state index contributed by atoms with van der Waals surface area (Å²) in [6.07, 6.45) is 1.27. The van der Waals surface area contributed by atoms with Gasteiger partial charge in [-0.05, 0) is 85.5 Å². The van der Waals surface area contributed by atoms with Gasteiger partial charge in [-0.2, -0.15) is 0 Å². The third-order valence-electron chi connectivity index (χ3n) is 11.9. The molecule has 7 N–H and O–H groups in total. The predicted octanol–water partition coefficient (Wildman–Crippen LogP) is 3.48. The van der Waals surface area contributed by atoms with Crippen molar-refractivity contribution < 1.29 is 44.6 Å². The quantitative estimate of drug-likeness (QED) is 0.0687. The van der Waals surface area contributed by atoms with Gasteiger partial charge in [-0.25, -0.2) is 4.98 Å². The highest BCUT2D eigenvalue weighted by Crippen LogP contribution is 2.38. The van der Waals surface area contributed by atoms with E-state index < -0.39 is 78.0 Å². The fraction of sp³-hybridized carbons (Fsp3) is 0.878. The lowest BCUT2D eigenvalue weighted by atomic mass is 9.74. The van der Waals surface area contributed by atoms with Gasteiger partial charge in [-0.15, -0.1) is 11.3 Å². The highest BCUT2D eigenvalue weighted by atomic mass is 32.1. The molecule has 1 saturated carbocycles. The Morgan fingerprint density at radius 3 is 2.32 bits per heavy atom. The molecule has 2 heterocycles. The number of aliphatic hydroxyl groups is 5. The number of nitrogens with one attached hydrogen (secondary N) is 2. The molecule has 14 nitrogen and oxygen atoms in total. The van der Waals surface area contributed by atoms with Crippen LogP contribution >= 0.6 is 11.3 Å². The van der Waals surface area contributed by atoms with Gasteiger partial charge >= 0.3 is 5.97 Å². The molecule has 13 atom stereocenters. The van der Waals surface area contributed by atoms with Gasteiger partial charge in [0.25, 0.3) is 0 Å². The molecular formula is C41H75N5O9S. The Labute approximate surface area is 339 Å². The third kappa shape index (κ3) is 14.2. The highest BCUT2D eigenvalue weighted by molar-refractivity contribution is 7.09. The lowest BCUT2D eigenvalue weighted by Crippen LogP contribution is -2.58. The average Bonchev–Trinajstić information content (AvgIpc) is 3.66. The van der Waals surface area contributed by atoms with Crippen LogP contribution in [-0.2, 0) is 25.7 Å². The molecule has 3 rings (SSSR count). The summed E-state index contributed by atoms with van der Waals surface area (Å²) in [6.45, 7) is 15.7. The molecule has 1 saturated heterocycles. The predicted molar refractivity (Wildman–Crippen MR) is 219 cm³/mol. The van der Waals surface area contributed by atoms with E-state index in [2.05, 4.69) is 27.7 Å². The van der Waals surface area contributed by atoms with Gasteiger partial charge in [0.2, 0.25) is 0 Å². The standard InChI is InChI=1S/C41H75N5O9S/c1-10-33-41(7,52)38(50)29(5)36(45-53-19-17-42-15-13-11-12-14-16-43-25-34-44-18-20-56-34)27(3)24-40(6,51)39(28(4)31(47)23-35(48)55-33)54-32-22-26(2)21-30(37(32)49)46(8)9/h18,20,26-33,37-39,42-43,47,49-52H,10-17,19,21-25H2,1-9H3/t26-,27-,28+,29+,30+,31-,32-,33-,37?,38-,39-,40-,41-/m1/s1. The molecule has 15 heteroatoms. The zero-order valence-corrected chi connectivity index (χ0v) is 36.3. The Balaban J connectivity index is 1.74. The Bertz CT molecular complexity index is 1300. The first-order chi connectivity index (χ1) is 26.4. The maximum absolute atomic E-state index is 13.2. The number of aromatic nitrogens is 1. The summed E-state index contributed by atoms with van der Waals surface area (Å²) >= 11 is 1.66. The number of nitrogens with zero attached hydrogens (tertiary/aromatic N) is 3. The zero-order chi connectivity index (χ0) is 41.6. The van der Waals surface area contributed by atoms with Crippen molar-refractivity contribution in [2.24, 2.45) is 28.8 Å². The molecule has 56 heavy (non-hydrogen) atoms. The summed E-state index contributed by atoms with van der Waals surface area (Å²) in [7, 11) is 3.84. The number of cyclic esters (lactones) is 1. The van der Waals surface area contributed by atoms with Crippen LogP contribution in [0, 0.1) is 23.7 Å². The van der Waals surface area contributed by atoms with E-state index in [0.717, 1.165) is 56.7 Å². The van der Waals surface area contributed by atoms with E-state index in [1.165, 1.54) is 6.92 Å². The van der Waals surface area contributed by atoms with Crippen molar-refractivity contribution in [3.05, 3.63) is 16.6 Å². The van der Waals surface area contributed by atoms with Crippen molar-refractivity contribution in [3.8, 4) is 0 Å². The summed E-state index contributed by atoms with van der Waals surface area (Å²) in [6, 6.07) is -0.153. The first-order valence-corrected chi connectivity index (χ1v) is 21.8. The van der Waals surface area contributed by atoms with Crippen molar-refractivity contribution >= 4 is 23.0 Å². The maximum atomic E-state index is 13.2. The minimum Gasteiger partial charge on any atom is -0.459 e. The van der Waals surface area contributed by atoms with Crippen LogP contribution < -0.4 is 10.6 Å². The second-order valence-electron chi connectivity index (χ2n) is 17.2. The lowest BCUT2D eigenvalue weighted by Gasteiger charge is -2.47. The zero-order valence-electron chi connectivity index (χ0n) is 35.5. The second kappa shape index (κ2) is 23.1. The van der Waals surface area contributed by atoms with Gasteiger partial charge in [0.15, 0.2) is 0 Å². The van der Waals surface area contributed by atoms with Crippen LogP contribution in [-0.4, -0.2) is 141 Å². The molecule has 1 aliphatic carbocycles. The van der Waals surface area contributed by atoms with Gasteiger partial charge in [0, 0.05) is 48.5 Å². The second-order valence-corrected chi connectivity index (χ2v) is 18.2. The number of unbranched alkanes of at least 4 members (excludes halogenated alkanes) is 3. The molecule has 1 aromatic heterocycles. The molecule has 1 aromatic rings. The number of esters is 1. The highest BCUT2D eigenvalue weighted by Gasteiger charge is 2.49. The van der Waals surface area contributed by atoms with Crippen LogP contribution in [0.3, 0.4) is 0 Å². The van der Waals surface area contributed by atoms with E-state index in [1.54, 1.807) is 39.0 Å². The molecule has 0 amide bonds. The Morgan fingerprint density at radius 2 is 1.70 bits per heavy atom. The van der Waals surface area contributed by atoms with Crippen LogP contribution in [0.1, 0.15) is 111 Å². The topological polar surface area (TPSA) is 198 Å². The maximum Gasteiger partial charge on any atom is 0.308 e. The molecule has 2 aliphatic rings. The molecule has 0 bridgehead atoms. The summed E-state index contributed by atoms with van der Waals surface area (Å²) in [5, 5.41) is 73.0. The SMILES string of the molecule is CC[C@H]1OC(=O)C[C@@H](O)[C@H](C)[C@@H](O[C@@H]2C[C@H](C)C[C@H](N(C)C)C2O)[C@](C)(O)C[C@@H](C)C(=NOCCNCCCCCCNCc2nccs2)[C@H](C)[C@@H](O)[C@]1(C)O. The average molecular weight is 814 g/mol. The fourth-order valence-electron chi connectivity index (χ4n) is 8.56. The number of carbonyl (C=O) groups excluding carboxylic acids is 1. The van der Waals surface area contributed by atoms with Crippen LogP contribution in [0.4, 0.5) is 0 Å². The smallest absolute Gasteiger partial charge is 0.308 e. The number of ether oxygens (including phenoxy) is 2. The van der Waals surface area contributed by atoms with Gasteiger partial charge < -0.3 is 55.4 Å². The number of likely N-dealkylation sites (N-methyl/N-ethyl adjacent to an activating group) is 1. The van der Waals surface area contributed by atoms with E-state index in [-0.39, 0.29) is 31.4 Å². The molecule has 1 unspecified atom stereocenters. The largest absolute Gasteiger partial charge is 0.459 e. The van der Waals surface area contributed by atoms with Crippen molar-refractivity contribution in [2.45, 2.75) is 167 Å². The Morgan fingerprint density at radius 1 is 1.02 bits per heavy atom. The minimum absolute atomic E-state index is 0.0892. The third-order valence-corrected chi connectivity index (χ3v) is 12.7. The number of thiazole rings is 1. The van der Waals surface area contributed by atoms with E-state index in [4.69, 9.17) is 14.3 Å². The van der Waals surface area contributed by atoms with Crippen LogP contribution in [0.2, 0.25) is 0 Å². The van der Waals surface area contributed by atoms with E-state index in [0.29, 0.717) is 18.7 Å². The Hall–Kier alpha value is -1.79. The van der Waals surface area contributed by atoms with Crippen LogP contribution in [0.15, 0.2) is 16.7 Å². The van der Waals surface area contributed by atoms with E-state index in [1.807, 2.05) is 37.5 Å². The number of hydrogen-bond donors (Lipinski definition) is 7. The van der Waals surface area contributed by atoms with Gasteiger partial charge in [0.05, 0.1) is 48.3 Å². The number of rotatable bonds is 17. The van der Waals surface area contributed by atoms with Gasteiger partial charge in [0.1, 0.15) is 23.3 Å². The summed E-state index contributed by atoms with van der Waals surface area (Å²) in [5.41, 5.74) is -3.04. The van der Waals surface area contributed by atoms with E-state index in [9.17, 15) is 30.3 Å². The molecule has 0 spiro atoms. The number of carbonyl (C=O) groups is 1. The van der Waals surface area contributed by atoms with Crippen molar-refractivity contribution in [1.29, 1.82) is 0 Å². The minimum atomic E-state index is -1.87. The summed E-state index contributed by atoms with van der Waals surface area (Å²) in [4.78, 5) is 25.3. The fourth-order valence-corrected chi connectivity index (χ4v) is 9.15. The van der Waals surface area contributed by atoms with Gasteiger partial charge in [-0.1, -0.05) is 52.6 Å². The number of oxime groups is 1. The number of aliphatic hydroxyl groups excluding tert-OH is 3. The van der Waals surface area contributed by atoms with Crippen LogP contribution in [0.25, 0.3) is 0 Å². The van der Waals surface area contributed by atoms with Crippen LogP contribution in [0.5, 0.6) is 0 Å². The molecule has 0 aromatic carbocycles. The normalized spacial score (nSPS) is 37.4. The molecule has 0 radical (unpaired) electrons. The van der Waals surface area contributed by atoms with Crippen molar-refractivity contribution in [3.63, 3.8) is 0 Å². The van der Waals surface area contributed by atoms with Crippen molar-refractivity contribution in [1.82, 2.24) is 20.5 Å². The Kier molecular flexibility index (Phi) is 20.1. The monoisotopic (exact) mass is 814 g/mol. The van der Waals surface area contributed by atoms with Gasteiger partial charge in [-0.3, -0.25) is 4.79 Å². The molecule has 2 fully saturated rings. The van der Waals surface area contributed by atoms with E-state index >= 15 is 0 Å². The molecule has 1 aliphatic heterocycles. The number of hydrogen-bond acceptors (Lipinski definition) is 15. The molecular weight excluding hydrogens is 739 g/mol. The first kappa shape index (κ1) is 48.6. The molecule has 324 valence electrons. The lowest BCUT2D eigenvalue weighted by molar-refractivity contribution is -0.207. The first-order valence-electron chi connectivity index (χ1n) is 20.9.